The molecule has 1 N–H and O–H groups in total. The number of hydrogen-bond acceptors (Lipinski definition) is 2. The van der Waals surface area contributed by atoms with Crippen LogP contribution in [-0.2, 0) is 6.42 Å². The predicted molar refractivity (Wildman–Crippen MR) is 74.5 cm³/mol. The molecule has 1 aliphatic rings. The minimum Gasteiger partial charge on any atom is -0.381 e. The van der Waals surface area contributed by atoms with Gasteiger partial charge in [-0.2, -0.15) is 11.8 Å². The van der Waals surface area contributed by atoms with Gasteiger partial charge < -0.3 is 5.32 Å². The molecule has 1 aliphatic heterocycles. The van der Waals surface area contributed by atoms with Crippen molar-refractivity contribution in [2.75, 3.05) is 16.8 Å². The first-order valence-corrected chi connectivity index (χ1v) is 7.39. The fourth-order valence-electron chi connectivity index (χ4n) is 2.23. The van der Waals surface area contributed by atoms with Crippen LogP contribution in [0.5, 0.6) is 0 Å². The van der Waals surface area contributed by atoms with Gasteiger partial charge in [0.1, 0.15) is 0 Å². The van der Waals surface area contributed by atoms with Gasteiger partial charge in [0.05, 0.1) is 0 Å². The van der Waals surface area contributed by atoms with E-state index in [9.17, 15) is 0 Å². The maximum atomic E-state index is 3.66. The zero-order valence-corrected chi connectivity index (χ0v) is 11.1. The molecule has 1 atom stereocenters. The number of nitrogens with one attached hydrogen (secondary N) is 1. The third-order valence-corrected chi connectivity index (χ3v) is 4.48. The Balaban J connectivity index is 2.03. The lowest BCUT2D eigenvalue weighted by Crippen LogP contribution is -2.25. The van der Waals surface area contributed by atoms with Crippen LogP contribution in [0.3, 0.4) is 0 Å². The summed E-state index contributed by atoms with van der Waals surface area (Å²) in [5, 5.41) is 3.66. The van der Waals surface area contributed by atoms with Gasteiger partial charge in [0, 0.05) is 17.5 Å². The monoisotopic (exact) mass is 235 g/mol. The Labute approximate surface area is 103 Å². The average Bonchev–Trinajstić information content (AvgIpc) is 2.33. The summed E-state index contributed by atoms with van der Waals surface area (Å²) in [6.45, 7) is 4.42. The van der Waals surface area contributed by atoms with E-state index >= 15 is 0 Å². The first-order chi connectivity index (χ1) is 7.79. The molecule has 0 spiro atoms. The van der Waals surface area contributed by atoms with E-state index in [2.05, 4.69) is 49.1 Å². The Kier molecular flexibility index (Phi) is 4.16. The summed E-state index contributed by atoms with van der Waals surface area (Å²) in [6.07, 6.45) is 3.80. The lowest BCUT2D eigenvalue weighted by atomic mass is 10.1. The molecule has 1 unspecified atom stereocenters. The van der Waals surface area contributed by atoms with E-state index in [4.69, 9.17) is 0 Å². The SMILES string of the molecule is CCc1cc(NC2CCCSC2)ccc1C. The van der Waals surface area contributed by atoms with Crippen molar-refractivity contribution in [3.8, 4) is 0 Å². The number of anilines is 1. The molecule has 0 aromatic heterocycles. The van der Waals surface area contributed by atoms with E-state index in [1.54, 1.807) is 0 Å². The summed E-state index contributed by atoms with van der Waals surface area (Å²) in [5.41, 5.74) is 4.18. The normalized spacial score (nSPS) is 20.8. The van der Waals surface area contributed by atoms with Crippen molar-refractivity contribution in [3.63, 3.8) is 0 Å². The van der Waals surface area contributed by atoms with Gasteiger partial charge in [-0.05, 0) is 55.2 Å². The molecule has 88 valence electrons. The third-order valence-electron chi connectivity index (χ3n) is 3.26. The Morgan fingerprint density at radius 1 is 1.44 bits per heavy atom. The first-order valence-electron chi connectivity index (χ1n) is 6.23. The van der Waals surface area contributed by atoms with Crippen LogP contribution < -0.4 is 5.32 Å². The quantitative estimate of drug-likeness (QED) is 0.853. The average molecular weight is 235 g/mol. The number of aryl methyl sites for hydroxylation is 2. The van der Waals surface area contributed by atoms with Gasteiger partial charge >= 0.3 is 0 Å². The largest absolute Gasteiger partial charge is 0.381 e. The smallest absolute Gasteiger partial charge is 0.0352 e. The number of benzene rings is 1. The van der Waals surface area contributed by atoms with Crippen LogP contribution in [0.2, 0.25) is 0 Å². The van der Waals surface area contributed by atoms with Crippen LogP contribution in [0.25, 0.3) is 0 Å². The summed E-state index contributed by atoms with van der Waals surface area (Å²) in [7, 11) is 0. The Hall–Kier alpha value is -0.630. The minimum absolute atomic E-state index is 0.672. The molecule has 0 radical (unpaired) electrons. The van der Waals surface area contributed by atoms with E-state index in [1.165, 1.54) is 41.2 Å². The zero-order valence-electron chi connectivity index (χ0n) is 10.3. The summed E-state index contributed by atoms with van der Waals surface area (Å²) < 4.78 is 0. The maximum absolute atomic E-state index is 3.66. The molecule has 0 bridgehead atoms. The van der Waals surface area contributed by atoms with Gasteiger partial charge in [0.15, 0.2) is 0 Å². The van der Waals surface area contributed by atoms with Crippen molar-refractivity contribution in [3.05, 3.63) is 29.3 Å². The fraction of sp³-hybridized carbons (Fsp3) is 0.571. The summed E-state index contributed by atoms with van der Waals surface area (Å²) >= 11 is 2.07. The molecule has 1 aromatic rings. The van der Waals surface area contributed by atoms with Crippen LogP contribution in [0.1, 0.15) is 30.9 Å². The molecular weight excluding hydrogens is 214 g/mol. The van der Waals surface area contributed by atoms with Crippen LogP contribution in [-0.4, -0.2) is 17.5 Å². The van der Waals surface area contributed by atoms with Gasteiger partial charge in [-0.15, -0.1) is 0 Å². The lowest BCUT2D eigenvalue weighted by molar-refractivity contribution is 0.685. The number of hydrogen-bond donors (Lipinski definition) is 1. The molecule has 0 saturated carbocycles. The van der Waals surface area contributed by atoms with Crippen LogP contribution in [0.4, 0.5) is 5.69 Å². The van der Waals surface area contributed by atoms with Crippen LogP contribution in [0.15, 0.2) is 18.2 Å². The van der Waals surface area contributed by atoms with Gasteiger partial charge in [-0.1, -0.05) is 13.0 Å². The minimum atomic E-state index is 0.672. The van der Waals surface area contributed by atoms with E-state index in [0.717, 1.165) is 6.42 Å². The second-order valence-corrected chi connectivity index (χ2v) is 5.70. The summed E-state index contributed by atoms with van der Waals surface area (Å²) in [4.78, 5) is 0. The highest BCUT2D eigenvalue weighted by molar-refractivity contribution is 7.99. The van der Waals surface area contributed by atoms with Crippen LogP contribution in [0, 0.1) is 6.92 Å². The Morgan fingerprint density at radius 3 is 3.00 bits per heavy atom. The van der Waals surface area contributed by atoms with Crippen molar-refractivity contribution in [1.29, 1.82) is 0 Å². The van der Waals surface area contributed by atoms with Gasteiger partial charge in [0.2, 0.25) is 0 Å². The highest BCUT2D eigenvalue weighted by Crippen LogP contribution is 2.22. The highest BCUT2D eigenvalue weighted by atomic mass is 32.2. The van der Waals surface area contributed by atoms with Gasteiger partial charge in [-0.25, -0.2) is 0 Å². The van der Waals surface area contributed by atoms with E-state index in [-0.39, 0.29) is 0 Å². The summed E-state index contributed by atoms with van der Waals surface area (Å²) in [5.74, 6) is 2.60. The van der Waals surface area contributed by atoms with Crippen molar-refractivity contribution >= 4 is 17.4 Å². The number of rotatable bonds is 3. The second-order valence-electron chi connectivity index (χ2n) is 4.55. The van der Waals surface area contributed by atoms with E-state index in [0.29, 0.717) is 6.04 Å². The summed E-state index contributed by atoms with van der Waals surface area (Å²) in [6, 6.07) is 7.44. The molecule has 2 rings (SSSR count). The zero-order chi connectivity index (χ0) is 11.4. The fourth-order valence-corrected chi connectivity index (χ4v) is 3.30. The van der Waals surface area contributed by atoms with Crippen molar-refractivity contribution in [2.24, 2.45) is 0 Å². The van der Waals surface area contributed by atoms with Crippen LogP contribution >= 0.6 is 11.8 Å². The highest BCUT2D eigenvalue weighted by Gasteiger charge is 2.13. The molecule has 1 aromatic carbocycles. The molecular formula is C14H21NS. The predicted octanol–water partition coefficient (Wildman–Crippen LogP) is 3.86. The number of thioether (sulfide) groups is 1. The maximum Gasteiger partial charge on any atom is 0.0352 e. The molecule has 16 heavy (non-hydrogen) atoms. The van der Waals surface area contributed by atoms with Gasteiger partial charge in [-0.3, -0.25) is 0 Å². The topological polar surface area (TPSA) is 12.0 Å². The molecule has 1 fully saturated rings. The molecule has 0 amide bonds. The third kappa shape index (κ3) is 2.94. The van der Waals surface area contributed by atoms with E-state index < -0.39 is 0 Å². The van der Waals surface area contributed by atoms with Gasteiger partial charge in [0.25, 0.3) is 0 Å². The molecule has 1 saturated heterocycles. The second kappa shape index (κ2) is 5.62. The first kappa shape index (κ1) is 11.8. The lowest BCUT2D eigenvalue weighted by Gasteiger charge is -2.24. The Morgan fingerprint density at radius 2 is 2.31 bits per heavy atom. The molecule has 1 nitrogen and oxygen atoms in total. The van der Waals surface area contributed by atoms with E-state index in [1.807, 2.05) is 0 Å². The molecule has 0 aliphatic carbocycles. The van der Waals surface area contributed by atoms with Crippen molar-refractivity contribution in [2.45, 2.75) is 39.2 Å². The molecule has 2 heteroatoms. The Bertz CT molecular complexity index is 343. The molecule has 1 heterocycles. The van der Waals surface area contributed by atoms with Crippen molar-refractivity contribution in [1.82, 2.24) is 0 Å². The van der Waals surface area contributed by atoms with Crippen molar-refractivity contribution < 1.29 is 0 Å². The standard InChI is InChI=1S/C14H21NS/c1-3-12-9-13(7-6-11(12)2)15-14-5-4-8-16-10-14/h6-7,9,14-15H,3-5,8,10H2,1-2H3.